The average Bonchev–Trinajstić information content (AvgIpc) is 2.87. The highest BCUT2D eigenvalue weighted by atomic mass is 35.5. The minimum absolute atomic E-state index is 0.518. The van der Waals surface area contributed by atoms with Crippen LogP contribution >= 0.6 is 11.6 Å². The Morgan fingerprint density at radius 2 is 1.96 bits per heavy atom. The monoisotopic (exact) mass is 336 g/mol. The van der Waals surface area contributed by atoms with Crippen LogP contribution in [0.4, 0.5) is 0 Å². The van der Waals surface area contributed by atoms with Gasteiger partial charge in [0, 0.05) is 28.7 Å². The van der Waals surface area contributed by atoms with Gasteiger partial charge in [0.15, 0.2) is 0 Å². The Bertz CT molecular complexity index is 971. The van der Waals surface area contributed by atoms with E-state index in [2.05, 4.69) is 27.5 Å². The molecule has 0 N–H and O–H groups in total. The summed E-state index contributed by atoms with van der Waals surface area (Å²) in [5, 5.41) is 0.776. The predicted octanol–water partition coefficient (Wildman–Crippen LogP) is 4.20. The van der Waals surface area contributed by atoms with Crippen LogP contribution in [0.3, 0.4) is 0 Å². The van der Waals surface area contributed by atoms with E-state index >= 15 is 0 Å². The van der Waals surface area contributed by atoms with Crippen molar-refractivity contribution in [2.24, 2.45) is 4.99 Å². The number of pyridine rings is 1. The minimum Gasteiger partial charge on any atom is -0.299 e. The molecule has 0 unspecified atom stereocenters. The molecule has 4 nitrogen and oxygen atoms in total. The zero-order valence-corrected chi connectivity index (χ0v) is 14.6. The molecule has 3 heterocycles. The first-order valence-electron chi connectivity index (χ1n) is 7.87. The first kappa shape index (κ1) is 15.1. The van der Waals surface area contributed by atoms with Crippen molar-refractivity contribution in [1.82, 2.24) is 14.5 Å². The summed E-state index contributed by atoms with van der Waals surface area (Å²) in [6.45, 7) is 6.66. The van der Waals surface area contributed by atoms with Gasteiger partial charge >= 0.3 is 0 Å². The summed E-state index contributed by atoms with van der Waals surface area (Å²) in [5.74, 6) is 0.931. The van der Waals surface area contributed by atoms with Crippen molar-refractivity contribution in [3.63, 3.8) is 0 Å². The molecule has 0 saturated heterocycles. The summed E-state index contributed by atoms with van der Waals surface area (Å²) in [5.41, 5.74) is 6.99. The number of nitrogens with zero attached hydrogens (tertiary/aromatic N) is 4. The van der Waals surface area contributed by atoms with E-state index in [9.17, 15) is 0 Å². The normalized spacial score (nSPS) is 13.1. The maximum absolute atomic E-state index is 6.56. The van der Waals surface area contributed by atoms with E-state index in [1.165, 1.54) is 0 Å². The van der Waals surface area contributed by atoms with Crippen LogP contribution in [0.25, 0.3) is 5.69 Å². The molecule has 1 aliphatic rings. The van der Waals surface area contributed by atoms with Crippen LogP contribution in [0.2, 0.25) is 5.02 Å². The fourth-order valence-electron chi connectivity index (χ4n) is 3.28. The van der Waals surface area contributed by atoms with E-state index < -0.39 is 0 Å². The fraction of sp³-hybridized carbons (Fsp3) is 0.211. The summed E-state index contributed by atoms with van der Waals surface area (Å²) in [6.07, 6.45) is 3.68. The number of hydrogen-bond donors (Lipinski definition) is 0. The number of benzene rings is 1. The predicted molar refractivity (Wildman–Crippen MR) is 96.4 cm³/mol. The van der Waals surface area contributed by atoms with Crippen LogP contribution in [0.15, 0.2) is 41.7 Å². The van der Waals surface area contributed by atoms with Crippen LogP contribution in [-0.2, 0) is 6.54 Å². The molecule has 2 aromatic heterocycles. The van der Waals surface area contributed by atoms with Gasteiger partial charge in [-0.3, -0.25) is 14.5 Å². The Labute approximate surface area is 145 Å². The smallest absolute Gasteiger partial charge is 0.135 e. The molecule has 0 bridgehead atoms. The van der Waals surface area contributed by atoms with Crippen molar-refractivity contribution in [2.75, 3.05) is 0 Å². The zero-order valence-electron chi connectivity index (χ0n) is 13.8. The van der Waals surface area contributed by atoms with Gasteiger partial charge in [0.1, 0.15) is 5.82 Å². The Kier molecular flexibility index (Phi) is 3.50. The number of aromatic nitrogens is 3. The Hall–Kier alpha value is -2.46. The van der Waals surface area contributed by atoms with Gasteiger partial charge in [0.2, 0.25) is 0 Å². The van der Waals surface area contributed by atoms with E-state index in [0.29, 0.717) is 6.54 Å². The molecule has 0 fully saturated rings. The molecule has 5 heteroatoms. The fourth-order valence-corrected chi connectivity index (χ4v) is 3.43. The number of hydrogen-bond acceptors (Lipinski definition) is 3. The second-order valence-electron chi connectivity index (χ2n) is 6.06. The lowest BCUT2D eigenvalue weighted by atomic mass is 9.96. The largest absolute Gasteiger partial charge is 0.299 e. The molecular formula is C19H17ClN4. The number of halogens is 1. The summed E-state index contributed by atoms with van der Waals surface area (Å²) >= 11 is 6.56. The number of rotatable bonds is 1. The first-order chi connectivity index (χ1) is 11.6. The van der Waals surface area contributed by atoms with E-state index in [1.807, 2.05) is 38.2 Å². The van der Waals surface area contributed by atoms with Crippen molar-refractivity contribution in [3.05, 3.63) is 75.6 Å². The molecule has 0 aliphatic carbocycles. The minimum atomic E-state index is 0.518. The number of fused-ring (bicyclic) bond motifs is 3. The molecule has 120 valence electrons. The quantitative estimate of drug-likeness (QED) is 0.668. The Morgan fingerprint density at radius 3 is 2.71 bits per heavy atom. The molecule has 0 amide bonds. The van der Waals surface area contributed by atoms with Crippen molar-refractivity contribution in [1.29, 1.82) is 0 Å². The third-order valence-corrected chi connectivity index (χ3v) is 5.02. The summed E-state index contributed by atoms with van der Waals surface area (Å²) in [4.78, 5) is 13.9. The standard InChI is InChI=1S/C19H17ClN4/c1-11-8-15-17(13(3)18(11)20)19(14-6-4-5-7-21-14)23-10-16-22-9-12(2)24(15)16/h4-9H,10H2,1-3H3. The van der Waals surface area contributed by atoms with E-state index in [0.717, 1.165) is 50.3 Å². The van der Waals surface area contributed by atoms with Gasteiger partial charge in [-0.1, -0.05) is 17.7 Å². The lowest BCUT2D eigenvalue weighted by molar-refractivity contribution is 0.862. The molecule has 0 radical (unpaired) electrons. The van der Waals surface area contributed by atoms with Crippen LogP contribution in [0.5, 0.6) is 0 Å². The third-order valence-electron chi connectivity index (χ3n) is 4.43. The lowest BCUT2D eigenvalue weighted by Crippen LogP contribution is -2.12. The maximum atomic E-state index is 6.56. The first-order valence-corrected chi connectivity index (χ1v) is 8.25. The van der Waals surface area contributed by atoms with Crippen molar-refractivity contribution in [2.45, 2.75) is 27.3 Å². The van der Waals surface area contributed by atoms with Crippen molar-refractivity contribution in [3.8, 4) is 5.69 Å². The highest BCUT2D eigenvalue weighted by Gasteiger charge is 2.25. The van der Waals surface area contributed by atoms with Gasteiger partial charge in [-0.2, -0.15) is 0 Å². The number of imidazole rings is 1. The molecule has 24 heavy (non-hydrogen) atoms. The summed E-state index contributed by atoms with van der Waals surface area (Å²) in [6, 6.07) is 7.99. The molecular weight excluding hydrogens is 320 g/mol. The van der Waals surface area contributed by atoms with Gasteiger partial charge in [0.05, 0.1) is 23.6 Å². The SMILES string of the molecule is Cc1cc2c(c(C)c1Cl)C(c1ccccn1)=NCc1ncc(C)n1-2. The Balaban J connectivity index is 2.10. The molecule has 1 aromatic carbocycles. The lowest BCUT2D eigenvalue weighted by Gasteiger charge is -2.18. The van der Waals surface area contributed by atoms with Crippen LogP contribution in [-0.4, -0.2) is 20.2 Å². The zero-order chi connectivity index (χ0) is 16.8. The van der Waals surface area contributed by atoms with Gasteiger partial charge < -0.3 is 0 Å². The number of aliphatic imine (C=N–C) groups is 1. The topological polar surface area (TPSA) is 43.1 Å². The van der Waals surface area contributed by atoms with E-state index in [-0.39, 0.29) is 0 Å². The molecule has 0 saturated carbocycles. The molecule has 4 rings (SSSR count). The summed E-state index contributed by atoms with van der Waals surface area (Å²) < 4.78 is 2.17. The maximum Gasteiger partial charge on any atom is 0.135 e. The average molecular weight is 337 g/mol. The van der Waals surface area contributed by atoms with Crippen molar-refractivity contribution >= 4 is 17.3 Å². The van der Waals surface area contributed by atoms with Gasteiger partial charge in [-0.15, -0.1) is 0 Å². The number of aryl methyl sites for hydroxylation is 2. The van der Waals surface area contributed by atoms with Crippen LogP contribution in [0.1, 0.15) is 33.9 Å². The van der Waals surface area contributed by atoms with Crippen LogP contribution < -0.4 is 0 Å². The van der Waals surface area contributed by atoms with Crippen LogP contribution in [0, 0.1) is 20.8 Å². The Morgan fingerprint density at radius 1 is 1.12 bits per heavy atom. The van der Waals surface area contributed by atoms with Gasteiger partial charge in [0.25, 0.3) is 0 Å². The van der Waals surface area contributed by atoms with Crippen molar-refractivity contribution < 1.29 is 0 Å². The van der Waals surface area contributed by atoms with Gasteiger partial charge in [-0.25, -0.2) is 4.98 Å². The second-order valence-corrected chi connectivity index (χ2v) is 6.44. The molecule has 3 aromatic rings. The van der Waals surface area contributed by atoms with E-state index in [4.69, 9.17) is 16.6 Å². The molecule has 0 atom stereocenters. The highest BCUT2D eigenvalue weighted by Crippen LogP contribution is 2.34. The second kappa shape index (κ2) is 5.56. The third kappa shape index (κ3) is 2.18. The molecule has 1 aliphatic heterocycles. The molecule has 0 spiro atoms. The highest BCUT2D eigenvalue weighted by molar-refractivity contribution is 6.33. The summed E-state index contributed by atoms with van der Waals surface area (Å²) in [7, 11) is 0. The van der Waals surface area contributed by atoms with Gasteiger partial charge in [-0.05, 0) is 50.1 Å². The van der Waals surface area contributed by atoms with E-state index in [1.54, 1.807) is 6.20 Å².